The van der Waals surface area contributed by atoms with Gasteiger partial charge in [-0.1, -0.05) is 6.92 Å². The van der Waals surface area contributed by atoms with E-state index in [-0.39, 0.29) is 18.4 Å². The number of nitrogens with zero attached hydrogens (tertiary/aromatic N) is 1. The molecule has 0 unspecified atom stereocenters. The molecule has 0 aliphatic carbocycles. The lowest BCUT2D eigenvalue weighted by Crippen LogP contribution is -2.40. The summed E-state index contributed by atoms with van der Waals surface area (Å²) in [6.45, 7) is 6.89. The van der Waals surface area contributed by atoms with Gasteiger partial charge in [0.1, 0.15) is 0 Å². The van der Waals surface area contributed by atoms with Crippen molar-refractivity contribution in [2.24, 2.45) is 0 Å². The van der Waals surface area contributed by atoms with E-state index >= 15 is 0 Å². The second kappa shape index (κ2) is 6.46. The van der Waals surface area contributed by atoms with Gasteiger partial charge in [-0.05, 0) is 13.8 Å². The molecule has 0 bridgehead atoms. The van der Waals surface area contributed by atoms with Crippen molar-refractivity contribution >= 4 is 11.8 Å². The molecule has 0 aromatic carbocycles. The second-order valence-electron chi connectivity index (χ2n) is 2.71. The van der Waals surface area contributed by atoms with E-state index in [2.05, 4.69) is 5.32 Å². The molecule has 0 saturated heterocycles. The van der Waals surface area contributed by atoms with Gasteiger partial charge in [0.2, 0.25) is 11.8 Å². The first kappa shape index (κ1) is 11.9. The van der Waals surface area contributed by atoms with Gasteiger partial charge in [-0.2, -0.15) is 0 Å². The maximum absolute atomic E-state index is 11.2. The van der Waals surface area contributed by atoms with Crippen molar-refractivity contribution in [2.75, 3.05) is 19.6 Å². The molecule has 2 amide bonds. The molecule has 0 radical (unpaired) electrons. The maximum Gasteiger partial charge on any atom is 0.239 e. The quantitative estimate of drug-likeness (QED) is 0.675. The number of hydrogen-bond acceptors (Lipinski definition) is 2. The van der Waals surface area contributed by atoms with Crippen LogP contribution in [-0.4, -0.2) is 36.3 Å². The molecule has 0 fully saturated rings. The van der Waals surface area contributed by atoms with Crippen LogP contribution in [0.1, 0.15) is 27.2 Å². The summed E-state index contributed by atoms with van der Waals surface area (Å²) in [5.74, 6) is -0.0695. The highest BCUT2D eigenvalue weighted by Gasteiger charge is 2.12. The fourth-order valence-corrected chi connectivity index (χ4v) is 1.03. The lowest BCUT2D eigenvalue weighted by molar-refractivity contribution is -0.135. The molecule has 0 rings (SSSR count). The van der Waals surface area contributed by atoms with Crippen LogP contribution in [-0.2, 0) is 9.59 Å². The number of nitrogens with one attached hydrogen (secondary N) is 1. The summed E-state index contributed by atoms with van der Waals surface area (Å²) in [6, 6.07) is 0. The molecule has 0 aromatic heterocycles. The second-order valence-corrected chi connectivity index (χ2v) is 2.71. The van der Waals surface area contributed by atoms with Gasteiger partial charge in [0, 0.05) is 19.5 Å². The van der Waals surface area contributed by atoms with Crippen molar-refractivity contribution in [1.82, 2.24) is 10.2 Å². The lowest BCUT2D eigenvalue weighted by atomic mass is 10.3. The fourth-order valence-electron chi connectivity index (χ4n) is 1.03. The molecule has 0 aliphatic heterocycles. The number of likely N-dealkylation sites (N-methyl/N-ethyl adjacent to an activating group) is 2. The van der Waals surface area contributed by atoms with E-state index in [1.807, 2.05) is 13.8 Å². The largest absolute Gasteiger partial charge is 0.355 e. The van der Waals surface area contributed by atoms with E-state index in [0.717, 1.165) is 0 Å². The first-order valence-corrected chi connectivity index (χ1v) is 4.70. The monoisotopic (exact) mass is 186 g/mol. The van der Waals surface area contributed by atoms with Gasteiger partial charge in [0.25, 0.3) is 0 Å². The third-order valence-electron chi connectivity index (χ3n) is 1.75. The SMILES string of the molecule is CCNC(=O)CN(CC)C(=O)CC. The number of carbonyl (C=O) groups excluding carboxylic acids is 2. The Kier molecular flexibility index (Phi) is 5.93. The van der Waals surface area contributed by atoms with Gasteiger partial charge in [0.05, 0.1) is 6.54 Å². The van der Waals surface area contributed by atoms with E-state index < -0.39 is 0 Å². The first-order chi connectivity index (χ1) is 6.15. The number of hydrogen-bond donors (Lipinski definition) is 1. The highest BCUT2D eigenvalue weighted by molar-refractivity contribution is 5.84. The Morgan fingerprint density at radius 1 is 1.23 bits per heavy atom. The van der Waals surface area contributed by atoms with Crippen LogP contribution in [0.15, 0.2) is 0 Å². The molecule has 1 N–H and O–H groups in total. The zero-order valence-electron chi connectivity index (χ0n) is 8.59. The molecule has 0 atom stereocenters. The summed E-state index contributed by atoms with van der Waals surface area (Å²) in [7, 11) is 0. The summed E-state index contributed by atoms with van der Waals surface area (Å²) >= 11 is 0. The molecule has 0 saturated carbocycles. The number of rotatable bonds is 5. The Labute approximate surface area is 79.3 Å². The van der Waals surface area contributed by atoms with E-state index in [1.54, 1.807) is 11.8 Å². The molecule has 0 spiro atoms. The Bertz CT molecular complexity index is 180. The molecule has 76 valence electrons. The molecule has 13 heavy (non-hydrogen) atoms. The molecular formula is C9H18N2O2. The van der Waals surface area contributed by atoms with Crippen molar-refractivity contribution in [3.63, 3.8) is 0 Å². The van der Waals surface area contributed by atoms with Crippen LogP contribution in [0.4, 0.5) is 0 Å². The predicted molar refractivity (Wildman–Crippen MR) is 51.2 cm³/mol. The molecule has 0 heterocycles. The standard InChI is InChI=1S/C9H18N2O2/c1-4-9(13)11(6-3)7-8(12)10-5-2/h4-7H2,1-3H3,(H,10,12). The van der Waals surface area contributed by atoms with E-state index in [9.17, 15) is 9.59 Å². The molecule has 4 nitrogen and oxygen atoms in total. The van der Waals surface area contributed by atoms with Gasteiger partial charge in [-0.25, -0.2) is 0 Å². The minimum Gasteiger partial charge on any atom is -0.355 e. The van der Waals surface area contributed by atoms with E-state index in [4.69, 9.17) is 0 Å². The van der Waals surface area contributed by atoms with Crippen LogP contribution in [0, 0.1) is 0 Å². The summed E-state index contributed by atoms with van der Waals surface area (Å²) < 4.78 is 0. The summed E-state index contributed by atoms with van der Waals surface area (Å²) in [5.41, 5.74) is 0. The molecule has 0 aromatic rings. The van der Waals surface area contributed by atoms with Gasteiger partial charge in [-0.15, -0.1) is 0 Å². The minimum absolute atomic E-state index is 0.0220. The van der Waals surface area contributed by atoms with Crippen molar-refractivity contribution in [3.05, 3.63) is 0 Å². The van der Waals surface area contributed by atoms with Crippen LogP contribution in [0.25, 0.3) is 0 Å². The van der Waals surface area contributed by atoms with Crippen LogP contribution < -0.4 is 5.32 Å². The van der Waals surface area contributed by atoms with Crippen LogP contribution in [0.3, 0.4) is 0 Å². The highest BCUT2D eigenvalue weighted by atomic mass is 16.2. The minimum atomic E-state index is -0.0915. The zero-order chi connectivity index (χ0) is 10.3. The van der Waals surface area contributed by atoms with Crippen LogP contribution in [0.2, 0.25) is 0 Å². The molecule has 4 heteroatoms. The Balaban J connectivity index is 3.97. The van der Waals surface area contributed by atoms with Gasteiger partial charge in [-0.3, -0.25) is 9.59 Å². The Morgan fingerprint density at radius 2 is 1.85 bits per heavy atom. The van der Waals surface area contributed by atoms with Crippen molar-refractivity contribution in [1.29, 1.82) is 0 Å². The fraction of sp³-hybridized carbons (Fsp3) is 0.778. The average molecular weight is 186 g/mol. The van der Waals surface area contributed by atoms with Crippen molar-refractivity contribution < 1.29 is 9.59 Å². The third kappa shape index (κ3) is 4.50. The lowest BCUT2D eigenvalue weighted by Gasteiger charge is -2.19. The third-order valence-corrected chi connectivity index (χ3v) is 1.75. The van der Waals surface area contributed by atoms with E-state index in [0.29, 0.717) is 19.5 Å². The topological polar surface area (TPSA) is 49.4 Å². The van der Waals surface area contributed by atoms with Crippen LogP contribution in [0.5, 0.6) is 0 Å². The predicted octanol–water partition coefficient (Wildman–Crippen LogP) is 0.381. The normalized spacial score (nSPS) is 9.46. The summed E-state index contributed by atoms with van der Waals surface area (Å²) in [6.07, 6.45) is 0.452. The van der Waals surface area contributed by atoms with Crippen molar-refractivity contribution in [3.8, 4) is 0 Å². The maximum atomic E-state index is 11.2. The highest BCUT2D eigenvalue weighted by Crippen LogP contribution is 1.92. The van der Waals surface area contributed by atoms with Gasteiger partial charge >= 0.3 is 0 Å². The van der Waals surface area contributed by atoms with Gasteiger partial charge < -0.3 is 10.2 Å². The average Bonchev–Trinajstić information content (AvgIpc) is 2.13. The smallest absolute Gasteiger partial charge is 0.239 e. The van der Waals surface area contributed by atoms with E-state index in [1.165, 1.54) is 0 Å². The summed E-state index contributed by atoms with van der Waals surface area (Å²) in [4.78, 5) is 23.9. The molecule has 0 aliphatic rings. The van der Waals surface area contributed by atoms with Crippen molar-refractivity contribution in [2.45, 2.75) is 27.2 Å². The number of amides is 2. The van der Waals surface area contributed by atoms with Gasteiger partial charge in [0.15, 0.2) is 0 Å². The summed E-state index contributed by atoms with van der Waals surface area (Å²) in [5, 5.41) is 2.66. The Hall–Kier alpha value is -1.06. The van der Waals surface area contributed by atoms with Crippen LogP contribution >= 0.6 is 0 Å². The molecular weight excluding hydrogens is 168 g/mol. The first-order valence-electron chi connectivity index (χ1n) is 4.70. The Morgan fingerprint density at radius 3 is 2.23 bits per heavy atom. The number of carbonyl (C=O) groups is 2. The zero-order valence-corrected chi connectivity index (χ0v) is 8.59.